The van der Waals surface area contributed by atoms with Gasteiger partial charge in [-0.1, -0.05) is 49.4 Å². The lowest BCUT2D eigenvalue weighted by atomic mass is 9.95. The molecule has 5 nitrogen and oxygen atoms in total. The number of fused-ring (bicyclic) bond motifs is 1. The average molecular weight is 361 g/mol. The molecule has 0 unspecified atom stereocenters. The Balaban J connectivity index is 2.21. The summed E-state index contributed by atoms with van der Waals surface area (Å²) in [4.78, 5) is 23.6. The summed E-state index contributed by atoms with van der Waals surface area (Å²) in [5, 5.41) is 22.8. The molecule has 1 amide bonds. The molecule has 0 aliphatic rings. The summed E-state index contributed by atoms with van der Waals surface area (Å²) in [6, 6.07) is 12.7. The number of aliphatic hydroxyl groups excluding tert-OH is 1. The van der Waals surface area contributed by atoms with Crippen LogP contribution in [0.3, 0.4) is 0 Å². The minimum Gasteiger partial charge on any atom is -0.480 e. The van der Waals surface area contributed by atoms with Crippen LogP contribution in [0.5, 0.6) is 0 Å². The number of carbonyl (C=O) groups excluding carboxylic acids is 1. The summed E-state index contributed by atoms with van der Waals surface area (Å²) in [6.45, 7) is 1.40. The molecule has 6 heteroatoms. The third-order valence-corrected chi connectivity index (χ3v) is 5.08. The van der Waals surface area contributed by atoms with Gasteiger partial charge >= 0.3 is 5.97 Å². The molecule has 0 bridgehead atoms. The van der Waals surface area contributed by atoms with Crippen molar-refractivity contribution < 1.29 is 19.8 Å². The van der Waals surface area contributed by atoms with Gasteiger partial charge in [-0.15, -0.1) is 0 Å². The van der Waals surface area contributed by atoms with Crippen LogP contribution in [-0.4, -0.2) is 46.2 Å². The molecule has 134 valence electrons. The molecule has 0 saturated carbocycles. The summed E-state index contributed by atoms with van der Waals surface area (Å²) >= 11 is 1.64. The van der Waals surface area contributed by atoms with E-state index in [2.05, 4.69) is 5.32 Å². The second-order valence-corrected chi connectivity index (χ2v) is 7.10. The first-order valence-electron chi connectivity index (χ1n) is 8.25. The number of benzene rings is 2. The molecule has 0 radical (unpaired) electrons. The van der Waals surface area contributed by atoms with E-state index in [0.29, 0.717) is 12.2 Å². The number of nitrogens with one attached hydrogen (secondary N) is 1. The average Bonchev–Trinajstić information content (AvgIpc) is 2.62. The van der Waals surface area contributed by atoms with Crippen LogP contribution in [-0.2, 0) is 16.0 Å². The molecule has 0 spiro atoms. The van der Waals surface area contributed by atoms with Crippen LogP contribution in [0, 0.1) is 5.92 Å². The van der Waals surface area contributed by atoms with Crippen molar-refractivity contribution in [1.29, 1.82) is 0 Å². The molecule has 2 atom stereocenters. The van der Waals surface area contributed by atoms with E-state index in [4.69, 9.17) is 10.2 Å². The van der Waals surface area contributed by atoms with E-state index in [0.717, 1.165) is 22.1 Å². The highest BCUT2D eigenvalue weighted by molar-refractivity contribution is 7.99. The zero-order valence-electron chi connectivity index (χ0n) is 14.1. The van der Waals surface area contributed by atoms with Crippen LogP contribution >= 0.6 is 11.8 Å². The number of carboxylic acid groups (broad SMARTS) is 1. The van der Waals surface area contributed by atoms with Gasteiger partial charge in [-0.3, -0.25) is 4.79 Å². The van der Waals surface area contributed by atoms with Crippen molar-refractivity contribution in [3.63, 3.8) is 0 Å². The molecule has 25 heavy (non-hydrogen) atoms. The third kappa shape index (κ3) is 5.21. The van der Waals surface area contributed by atoms with E-state index >= 15 is 0 Å². The van der Waals surface area contributed by atoms with Gasteiger partial charge in [-0.2, -0.15) is 11.8 Å². The Hall–Kier alpha value is -2.05. The van der Waals surface area contributed by atoms with Crippen LogP contribution in [0.1, 0.15) is 12.5 Å². The maximum atomic E-state index is 12.6. The maximum Gasteiger partial charge on any atom is 0.328 e. The number of rotatable bonds is 9. The number of carbonyl (C=O) groups is 2. The van der Waals surface area contributed by atoms with E-state index in [9.17, 15) is 9.59 Å². The smallest absolute Gasteiger partial charge is 0.328 e. The van der Waals surface area contributed by atoms with Gasteiger partial charge < -0.3 is 15.5 Å². The largest absolute Gasteiger partial charge is 0.480 e. The third-order valence-electron chi connectivity index (χ3n) is 4.04. The quantitative estimate of drug-likeness (QED) is 0.638. The molecule has 3 N–H and O–H groups in total. The van der Waals surface area contributed by atoms with Gasteiger partial charge in [-0.05, 0) is 28.5 Å². The Morgan fingerprint density at radius 3 is 2.56 bits per heavy atom. The monoisotopic (exact) mass is 361 g/mol. The first kappa shape index (κ1) is 19.3. The fraction of sp³-hybridized carbons (Fsp3) is 0.368. The van der Waals surface area contributed by atoms with Crippen molar-refractivity contribution in [3.05, 3.63) is 48.0 Å². The molecule has 2 aromatic rings. The van der Waals surface area contributed by atoms with Gasteiger partial charge in [0.2, 0.25) is 5.91 Å². The molecule has 0 aliphatic heterocycles. The van der Waals surface area contributed by atoms with Gasteiger partial charge in [0.1, 0.15) is 6.04 Å². The van der Waals surface area contributed by atoms with Crippen molar-refractivity contribution in [2.75, 3.05) is 18.1 Å². The van der Waals surface area contributed by atoms with E-state index in [1.807, 2.05) is 49.4 Å². The van der Waals surface area contributed by atoms with Gasteiger partial charge in [0, 0.05) is 5.75 Å². The summed E-state index contributed by atoms with van der Waals surface area (Å²) in [6.07, 6.45) is 0.526. The van der Waals surface area contributed by atoms with E-state index in [1.54, 1.807) is 11.8 Å². The molecular formula is C19H23NO4S. The zero-order valence-corrected chi connectivity index (χ0v) is 15.0. The Morgan fingerprint density at radius 1 is 1.16 bits per heavy atom. The lowest BCUT2D eigenvalue weighted by Crippen LogP contribution is -2.46. The Morgan fingerprint density at radius 2 is 1.88 bits per heavy atom. The Kier molecular flexibility index (Phi) is 7.28. The molecule has 2 aromatic carbocycles. The lowest BCUT2D eigenvalue weighted by molar-refractivity contribution is -0.143. The standard InChI is InChI=1S/C19H23NO4S/c1-2-25-12-15(18(22)20-17(11-21)19(23)24)10-14-8-5-7-13-6-3-4-9-16(13)14/h3-9,15,17,21H,2,10-12H2,1H3,(H,20,22)(H,23,24)/t15-,17+/m1/s1. The van der Waals surface area contributed by atoms with Crippen molar-refractivity contribution in [2.45, 2.75) is 19.4 Å². The predicted molar refractivity (Wildman–Crippen MR) is 101 cm³/mol. The van der Waals surface area contributed by atoms with Gasteiger partial charge in [0.15, 0.2) is 0 Å². The van der Waals surface area contributed by atoms with Crippen LogP contribution in [0.15, 0.2) is 42.5 Å². The highest BCUT2D eigenvalue weighted by Gasteiger charge is 2.25. The van der Waals surface area contributed by atoms with Crippen LogP contribution in [0.2, 0.25) is 0 Å². The van der Waals surface area contributed by atoms with Gasteiger partial charge in [-0.25, -0.2) is 4.79 Å². The van der Waals surface area contributed by atoms with Crippen molar-refractivity contribution >= 4 is 34.4 Å². The molecule has 0 fully saturated rings. The maximum absolute atomic E-state index is 12.6. The Bertz CT molecular complexity index is 729. The number of hydrogen-bond donors (Lipinski definition) is 3. The van der Waals surface area contributed by atoms with Crippen LogP contribution < -0.4 is 5.32 Å². The van der Waals surface area contributed by atoms with Crippen LogP contribution in [0.4, 0.5) is 0 Å². The second kappa shape index (κ2) is 9.44. The zero-order chi connectivity index (χ0) is 18.2. The SMILES string of the molecule is CCSC[C@@H](Cc1cccc2ccccc12)C(=O)N[C@@H](CO)C(=O)O. The number of amides is 1. The molecule has 2 rings (SSSR count). The fourth-order valence-corrected chi connectivity index (χ4v) is 3.49. The van der Waals surface area contributed by atoms with Crippen LogP contribution in [0.25, 0.3) is 10.8 Å². The number of aliphatic carboxylic acids is 1. The van der Waals surface area contributed by atoms with Crippen molar-refractivity contribution in [3.8, 4) is 0 Å². The van der Waals surface area contributed by atoms with E-state index in [1.165, 1.54) is 0 Å². The Labute approximate surface area is 151 Å². The molecular weight excluding hydrogens is 338 g/mol. The minimum atomic E-state index is -1.27. The van der Waals surface area contributed by atoms with Gasteiger partial charge in [0.05, 0.1) is 12.5 Å². The van der Waals surface area contributed by atoms with Gasteiger partial charge in [0.25, 0.3) is 0 Å². The van der Waals surface area contributed by atoms with E-state index < -0.39 is 18.6 Å². The minimum absolute atomic E-state index is 0.338. The highest BCUT2D eigenvalue weighted by atomic mass is 32.2. The van der Waals surface area contributed by atoms with Crippen molar-refractivity contribution in [1.82, 2.24) is 5.32 Å². The number of carboxylic acids is 1. The summed E-state index contributed by atoms with van der Waals surface area (Å²) in [7, 11) is 0. The first-order valence-corrected chi connectivity index (χ1v) is 9.40. The molecule has 0 aromatic heterocycles. The first-order chi connectivity index (χ1) is 12.1. The number of thioether (sulfide) groups is 1. The highest BCUT2D eigenvalue weighted by Crippen LogP contribution is 2.23. The summed E-state index contributed by atoms with van der Waals surface area (Å²) in [5.41, 5.74) is 1.06. The predicted octanol–water partition coefficient (Wildman–Crippen LogP) is 2.31. The van der Waals surface area contributed by atoms with Crippen molar-refractivity contribution in [2.24, 2.45) is 5.92 Å². The topological polar surface area (TPSA) is 86.6 Å². The fourth-order valence-electron chi connectivity index (χ4n) is 2.70. The normalized spacial score (nSPS) is 13.4. The van der Waals surface area contributed by atoms with E-state index in [-0.39, 0.29) is 11.8 Å². The molecule has 0 aliphatic carbocycles. The summed E-state index contributed by atoms with van der Waals surface area (Å²) in [5.74, 6) is -0.451. The number of aliphatic hydroxyl groups is 1. The molecule has 0 heterocycles. The molecule has 0 saturated heterocycles. The second-order valence-electron chi connectivity index (χ2n) is 5.78. The summed E-state index contributed by atoms with van der Waals surface area (Å²) < 4.78 is 0. The number of hydrogen-bond acceptors (Lipinski definition) is 4. The lowest BCUT2D eigenvalue weighted by Gasteiger charge is -2.20.